The highest BCUT2D eigenvalue weighted by atomic mass is 16.3. The van der Waals surface area contributed by atoms with Gasteiger partial charge in [-0.2, -0.15) is 15.0 Å². The lowest BCUT2D eigenvalue weighted by Gasteiger charge is -2.20. The maximum absolute atomic E-state index is 12.2. The first kappa shape index (κ1) is 18.1. The maximum Gasteiger partial charge on any atom is 0.253 e. The zero-order chi connectivity index (χ0) is 19.6. The Balaban J connectivity index is 1.86. The smallest absolute Gasteiger partial charge is 0.253 e. The number of hydrogen-bond acceptors (Lipinski definition) is 5. The molecular weight excluding hydrogens is 342 g/mol. The van der Waals surface area contributed by atoms with E-state index < -0.39 is 0 Å². The lowest BCUT2D eigenvalue weighted by Crippen LogP contribution is -2.40. The Hall–Kier alpha value is -3.66. The van der Waals surface area contributed by atoms with Crippen LogP contribution in [0.5, 0.6) is 5.88 Å². The number of rotatable bonds is 3. The average molecular weight is 361 g/mol. The van der Waals surface area contributed by atoms with Crippen molar-refractivity contribution in [3.05, 3.63) is 59.9 Å². The van der Waals surface area contributed by atoms with Crippen LogP contribution in [0.2, 0.25) is 0 Å². The van der Waals surface area contributed by atoms with E-state index in [2.05, 4.69) is 21.5 Å². The van der Waals surface area contributed by atoms with Crippen molar-refractivity contribution in [1.82, 2.24) is 20.1 Å². The molecule has 2 heterocycles. The van der Waals surface area contributed by atoms with E-state index >= 15 is 0 Å². The summed E-state index contributed by atoms with van der Waals surface area (Å²) in [6.07, 6.45) is 2.97. The van der Waals surface area contributed by atoms with Gasteiger partial charge in [-0.25, -0.2) is 4.98 Å². The molecule has 27 heavy (non-hydrogen) atoms. The van der Waals surface area contributed by atoms with Gasteiger partial charge in [-0.1, -0.05) is 12.1 Å². The summed E-state index contributed by atoms with van der Waals surface area (Å²) in [5.41, 5.74) is 1.88. The summed E-state index contributed by atoms with van der Waals surface area (Å²) in [6.45, 7) is 5.71. The molecule has 0 saturated carbocycles. The van der Waals surface area contributed by atoms with Crippen molar-refractivity contribution in [2.45, 2.75) is 26.3 Å². The zero-order valence-corrected chi connectivity index (χ0v) is 15.3. The molecule has 7 heteroatoms. The van der Waals surface area contributed by atoms with Crippen LogP contribution >= 0.6 is 0 Å². The second-order valence-corrected chi connectivity index (χ2v) is 7.09. The molecule has 2 aromatic heterocycles. The van der Waals surface area contributed by atoms with Gasteiger partial charge < -0.3 is 10.4 Å². The Labute approximate surface area is 156 Å². The predicted octanol–water partition coefficient (Wildman–Crippen LogP) is 3.04. The van der Waals surface area contributed by atoms with Gasteiger partial charge in [0.25, 0.3) is 5.91 Å². The average Bonchev–Trinajstić information content (AvgIpc) is 3.02. The molecule has 0 aliphatic rings. The maximum atomic E-state index is 12.2. The van der Waals surface area contributed by atoms with Crippen molar-refractivity contribution in [2.24, 2.45) is 0 Å². The summed E-state index contributed by atoms with van der Waals surface area (Å²) in [7, 11) is 0. The van der Waals surface area contributed by atoms with Crippen LogP contribution in [0, 0.1) is 11.3 Å². The summed E-state index contributed by atoms with van der Waals surface area (Å²) >= 11 is 0. The van der Waals surface area contributed by atoms with Crippen LogP contribution in [0.25, 0.3) is 16.9 Å². The summed E-state index contributed by atoms with van der Waals surface area (Å²) in [4.78, 5) is 16.4. The van der Waals surface area contributed by atoms with Gasteiger partial charge in [-0.05, 0) is 50.6 Å². The third-order valence-electron chi connectivity index (χ3n) is 3.78. The molecular formula is C20H19N5O2. The molecule has 0 radical (unpaired) electrons. The minimum atomic E-state index is -0.341. The Morgan fingerprint density at radius 1 is 1.15 bits per heavy atom. The largest absolute Gasteiger partial charge is 0.493 e. The number of carbonyl (C=O) groups is 1. The molecule has 3 rings (SSSR count). The number of hydrogen-bond donors (Lipinski definition) is 2. The van der Waals surface area contributed by atoms with Crippen molar-refractivity contribution in [1.29, 1.82) is 5.26 Å². The molecule has 0 aliphatic carbocycles. The number of nitriles is 1. The molecule has 7 nitrogen and oxygen atoms in total. The van der Waals surface area contributed by atoms with E-state index in [4.69, 9.17) is 5.26 Å². The first-order chi connectivity index (χ1) is 12.8. The zero-order valence-electron chi connectivity index (χ0n) is 15.3. The quantitative estimate of drug-likeness (QED) is 0.746. The molecule has 0 unspecified atom stereocenters. The number of aromatic nitrogens is 3. The van der Waals surface area contributed by atoms with Gasteiger partial charge >= 0.3 is 0 Å². The van der Waals surface area contributed by atoms with Crippen LogP contribution in [-0.2, 0) is 0 Å². The van der Waals surface area contributed by atoms with Gasteiger partial charge in [-0.3, -0.25) is 4.79 Å². The van der Waals surface area contributed by atoms with E-state index in [0.717, 1.165) is 5.56 Å². The summed E-state index contributed by atoms with van der Waals surface area (Å²) in [6, 6.07) is 12.1. The van der Waals surface area contributed by atoms with Crippen LogP contribution in [-0.4, -0.2) is 31.3 Å². The Bertz CT molecular complexity index is 1010. The lowest BCUT2D eigenvalue weighted by atomic mass is 10.1. The van der Waals surface area contributed by atoms with E-state index in [0.29, 0.717) is 22.5 Å². The summed E-state index contributed by atoms with van der Waals surface area (Å²) in [5, 5.41) is 26.4. The standard InChI is InChI=1S/C20H19N5O2/c1-20(2,3)24-18(26)15-8-9-17(22-11-15)25-19(27)16(12-23-25)14-6-4-13(10-21)5-7-14/h4-9,11-12,27H,1-3H3,(H,24,26). The summed E-state index contributed by atoms with van der Waals surface area (Å²) < 4.78 is 1.29. The number of pyridine rings is 1. The summed E-state index contributed by atoms with van der Waals surface area (Å²) in [5.74, 6) is 0.100. The molecule has 0 aliphatic heterocycles. The topological polar surface area (TPSA) is 104 Å². The SMILES string of the molecule is CC(C)(C)NC(=O)c1ccc(-n2ncc(-c3ccc(C#N)cc3)c2O)nc1. The predicted molar refractivity (Wildman–Crippen MR) is 100 cm³/mol. The van der Waals surface area contributed by atoms with E-state index in [1.165, 1.54) is 17.1 Å². The van der Waals surface area contributed by atoms with Crippen LogP contribution in [0.4, 0.5) is 0 Å². The van der Waals surface area contributed by atoms with E-state index in [1.807, 2.05) is 20.8 Å². The van der Waals surface area contributed by atoms with E-state index in [-0.39, 0.29) is 17.3 Å². The first-order valence-electron chi connectivity index (χ1n) is 8.35. The second kappa shape index (κ2) is 6.92. The Morgan fingerprint density at radius 2 is 1.85 bits per heavy atom. The van der Waals surface area contributed by atoms with Crippen LogP contribution in [0.3, 0.4) is 0 Å². The monoisotopic (exact) mass is 361 g/mol. The molecule has 2 N–H and O–H groups in total. The van der Waals surface area contributed by atoms with Gasteiger partial charge in [-0.15, -0.1) is 0 Å². The molecule has 0 fully saturated rings. The number of carbonyl (C=O) groups excluding carboxylic acids is 1. The van der Waals surface area contributed by atoms with Crippen LogP contribution in [0.1, 0.15) is 36.7 Å². The van der Waals surface area contributed by atoms with Gasteiger partial charge in [0.05, 0.1) is 29.0 Å². The first-order valence-corrected chi connectivity index (χ1v) is 8.35. The fourth-order valence-electron chi connectivity index (χ4n) is 2.50. The van der Waals surface area contributed by atoms with Crippen molar-refractivity contribution >= 4 is 5.91 Å². The highest BCUT2D eigenvalue weighted by molar-refractivity contribution is 5.94. The van der Waals surface area contributed by atoms with Crippen molar-refractivity contribution < 1.29 is 9.90 Å². The van der Waals surface area contributed by atoms with Gasteiger partial charge in [0.2, 0.25) is 5.88 Å². The fraction of sp³-hybridized carbons (Fsp3) is 0.200. The van der Waals surface area contributed by atoms with Crippen molar-refractivity contribution in [3.8, 4) is 28.9 Å². The third-order valence-corrected chi connectivity index (χ3v) is 3.78. The number of benzene rings is 1. The van der Waals surface area contributed by atoms with Crippen LogP contribution < -0.4 is 5.32 Å². The molecule has 1 aromatic carbocycles. The lowest BCUT2D eigenvalue weighted by molar-refractivity contribution is 0.0919. The third kappa shape index (κ3) is 3.96. The molecule has 0 spiro atoms. The van der Waals surface area contributed by atoms with Crippen LogP contribution in [0.15, 0.2) is 48.8 Å². The highest BCUT2D eigenvalue weighted by Crippen LogP contribution is 2.30. The highest BCUT2D eigenvalue weighted by Gasteiger charge is 2.17. The molecule has 0 atom stereocenters. The number of nitrogens with one attached hydrogen (secondary N) is 1. The van der Waals surface area contributed by atoms with E-state index in [1.54, 1.807) is 36.4 Å². The number of aromatic hydroxyl groups is 1. The number of amides is 1. The molecule has 1 amide bonds. The molecule has 0 saturated heterocycles. The van der Waals surface area contributed by atoms with Crippen molar-refractivity contribution in [2.75, 3.05) is 0 Å². The van der Waals surface area contributed by atoms with Gasteiger partial charge in [0.15, 0.2) is 5.82 Å². The second-order valence-electron chi connectivity index (χ2n) is 7.09. The van der Waals surface area contributed by atoms with Gasteiger partial charge in [0.1, 0.15) is 0 Å². The van der Waals surface area contributed by atoms with Gasteiger partial charge in [0, 0.05) is 11.7 Å². The molecule has 136 valence electrons. The van der Waals surface area contributed by atoms with Crippen molar-refractivity contribution in [3.63, 3.8) is 0 Å². The van der Waals surface area contributed by atoms with E-state index in [9.17, 15) is 9.90 Å². The normalized spacial score (nSPS) is 11.0. The fourth-order valence-corrected chi connectivity index (χ4v) is 2.50. The minimum absolute atomic E-state index is 0.0703. The molecule has 0 bridgehead atoms. The number of nitrogens with zero attached hydrogens (tertiary/aromatic N) is 4. The minimum Gasteiger partial charge on any atom is -0.493 e. The Kier molecular flexibility index (Phi) is 4.65. The Morgan fingerprint density at radius 3 is 2.41 bits per heavy atom. The molecule has 3 aromatic rings.